The highest BCUT2D eigenvalue weighted by Crippen LogP contribution is 2.24. The minimum atomic E-state index is -0.345. The maximum Gasteiger partial charge on any atom is 0.338 e. The van der Waals surface area contributed by atoms with Gasteiger partial charge in [-0.3, -0.25) is 0 Å². The van der Waals surface area contributed by atoms with E-state index in [1.807, 2.05) is 50.2 Å². The van der Waals surface area contributed by atoms with Gasteiger partial charge in [0.25, 0.3) is 0 Å². The highest BCUT2D eigenvalue weighted by Gasteiger charge is 2.30. The van der Waals surface area contributed by atoms with Gasteiger partial charge in [-0.1, -0.05) is 70.0 Å². The van der Waals surface area contributed by atoms with Gasteiger partial charge in [-0.05, 0) is 37.1 Å². The Morgan fingerprint density at radius 1 is 0.786 bits per heavy atom. The molecule has 0 N–H and O–H groups in total. The molecule has 3 atom stereocenters. The Hall–Kier alpha value is -2.62. The van der Waals surface area contributed by atoms with Crippen LogP contribution in [0.25, 0.3) is 0 Å². The average Bonchev–Trinajstić information content (AvgIpc) is 2.75. The minimum absolute atomic E-state index is 0.100. The number of rotatable bonds is 10. The Morgan fingerprint density at radius 3 is 1.68 bits per heavy atom. The summed E-state index contributed by atoms with van der Waals surface area (Å²) in [4.78, 5) is 25.0. The molecule has 2 rings (SSSR count). The van der Waals surface area contributed by atoms with Gasteiger partial charge in [0.2, 0.25) is 0 Å². The van der Waals surface area contributed by atoms with Crippen LogP contribution in [0.4, 0.5) is 0 Å². The second kappa shape index (κ2) is 11.3. The van der Waals surface area contributed by atoms with Crippen LogP contribution in [0.3, 0.4) is 0 Å². The van der Waals surface area contributed by atoms with E-state index in [1.165, 1.54) is 0 Å². The predicted molar refractivity (Wildman–Crippen MR) is 110 cm³/mol. The summed E-state index contributed by atoms with van der Waals surface area (Å²) < 4.78 is 11.6. The van der Waals surface area contributed by atoms with Gasteiger partial charge in [0, 0.05) is 5.92 Å². The summed E-state index contributed by atoms with van der Waals surface area (Å²) in [6.45, 7) is 6.08. The van der Waals surface area contributed by atoms with Gasteiger partial charge in [-0.2, -0.15) is 0 Å². The number of benzene rings is 2. The van der Waals surface area contributed by atoms with Gasteiger partial charge in [-0.25, -0.2) is 9.59 Å². The van der Waals surface area contributed by atoms with Crippen LogP contribution < -0.4 is 0 Å². The highest BCUT2D eigenvalue weighted by molar-refractivity contribution is 5.90. The molecule has 0 saturated heterocycles. The van der Waals surface area contributed by atoms with Crippen molar-refractivity contribution in [3.05, 3.63) is 71.8 Å². The molecule has 0 heterocycles. The van der Waals surface area contributed by atoms with Gasteiger partial charge in [-0.15, -0.1) is 0 Å². The normalized spacial score (nSPS) is 14.0. The van der Waals surface area contributed by atoms with Crippen LogP contribution in [0.1, 0.15) is 67.2 Å². The Morgan fingerprint density at radius 2 is 1.25 bits per heavy atom. The molecule has 0 amide bonds. The molecule has 0 saturated carbocycles. The van der Waals surface area contributed by atoms with Gasteiger partial charge >= 0.3 is 11.9 Å². The Balaban J connectivity index is 2.09. The molecule has 0 aromatic heterocycles. The van der Waals surface area contributed by atoms with Crippen molar-refractivity contribution in [1.29, 1.82) is 0 Å². The van der Waals surface area contributed by atoms with Crippen LogP contribution >= 0.6 is 0 Å². The number of carbonyl (C=O) groups is 2. The van der Waals surface area contributed by atoms with Crippen LogP contribution in [-0.4, -0.2) is 24.1 Å². The summed E-state index contributed by atoms with van der Waals surface area (Å²) in [7, 11) is 0. The predicted octanol–water partition coefficient (Wildman–Crippen LogP) is 5.67. The number of unbranched alkanes of at least 4 members (excludes halogenated alkanes) is 1. The van der Waals surface area contributed by atoms with Crippen molar-refractivity contribution in [3.63, 3.8) is 0 Å². The van der Waals surface area contributed by atoms with E-state index in [4.69, 9.17) is 9.47 Å². The summed E-state index contributed by atoms with van der Waals surface area (Å²) in [5.41, 5.74) is 1.06. The molecule has 28 heavy (non-hydrogen) atoms. The van der Waals surface area contributed by atoms with E-state index in [2.05, 4.69) is 6.92 Å². The lowest BCUT2D eigenvalue weighted by molar-refractivity contribution is -0.0317. The van der Waals surface area contributed by atoms with Crippen molar-refractivity contribution in [2.24, 2.45) is 5.92 Å². The van der Waals surface area contributed by atoms with Crippen molar-refractivity contribution >= 4 is 11.9 Å². The van der Waals surface area contributed by atoms with Crippen LogP contribution in [0.15, 0.2) is 60.7 Å². The van der Waals surface area contributed by atoms with Crippen molar-refractivity contribution in [3.8, 4) is 0 Å². The maximum absolute atomic E-state index is 12.5. The standard InChI is InChI=1S/C24H30O4/c1-4-6-17-22(28-24(26)20-15-11-8-12-16-20)18(3)21(5-2)27-23(25)19-13-9-7-10-14-19/h7-16,18,21-22H,4-6,17H2,1-3H3. The fourth-order valence-electron chi connectivity index (χ4n) is 3.20. The SMILES string of the molecule is CCCCC(OC(=O)c1ccccc1)C(C)C(CC)OC(=O)c1ccccc1. The monoisotopic (exact) mass is 382 g/mol. The number of ether oxygens (including phenoxy) is 2. The van der Waals surface area contributed by atoms with Crippen molar-refractivity contribution in [2.75, 3.05) is 0 Å². The third-order valence-corrected chi connectivity index (χ3v) is 4.95. The van der Waals surface area contributed by atoms with E-state index in [9.17, 15) is 9.59 Å². The van der Waals surface area contributed by atoms with Gasteiger partial charge in [0.05, 0.1) is 11.1 Å². The third kappa shape index (κ3) is 6.22. The van der Waals surface area contributed by atoms with E-state index >= 15 is 0 Å². The quantitative estimate of drug-likeness (QED) is 0.497. The largest absolute Gasteiger partial charge is 0.458 e. The molecule has 150 valence electrons. The van der Waals surface area contributed by atoms with Crippen LogP contribution in [0.5, 0.6) is 0 Å². The van der Waals surface area contributed by atoms with E-state index in [0.717, 1.165) is 19.3 Å². The average molecular weight is 383 g/mol. The summed E-state index contributed by atoms with van der Waals surface area (Å²) in [5.74, 6) is -0.780. The van der Waals surface area contributed by atoms with Gasteiger partial charge in [0.15, 0.2) is 0 Å². The van der Waals surface area contributed by atoms with E-state index in [0.29, 0.717) is 17.5 Å². The molecule has 0 aliphatic heterocycles. The molecular weight excluding hydrogens is 352 g/mol. The number of esters is 2. The summed E-state index contributed by atoms with van der Waals surface area (Å²) in [6.07, 6.45) is 2.73. The second-order valence-corrected chi connectivity index (χ2v) is 7.03. The molecule has 0 fully saturated rings. The number of hydrogen-bond donors (Lipinski definition) is 0. The van der Waals surface area contributed by atoms with Crippen molar-refractivity contribution in [2.45, 2.75) is 58.7 Å². The first-order valence-electron chi connectivity index (χ1n) is 10.1. The molecule has 2 aromatic rings. The third-order valence-electron chi connectivity index (χ3n) is 4.95. The van der Waals surface area contributed by atoms with Crippen LogP contribution in [0.2, 0.25) is 0 Å². The molecule has 4 heteroatoms. The summed E-state index contributed by atoms with van der Waals surface area (Å²) >= 11 is 0. The van der Waals surface area contributed by atoms with Crippen molar-refractivity contribution in [1.82, 2.24) is 0 Å². The highest BCUT2D eigenvalue weighted by atomic mass is 16.6. The van der Waals surface area contributed by atoms with Crippen molar-refractivity contribution < 1.29 is 19.1 Å². The molecular formula is C24H30O4. The first-order chi connectivity index (χ1) is 13.6. The Kier molecular flexibility index (Phi) is 8.73. The second-order valence-electron chi connectivity index (χ2n) is 7.03. The zero-order valence-corrected chi connectivity index (χ0v) is 17.0. The lowest BCUT2D eigenvalue weighted by Crippen LogP contribution is -2.36. The lowest BCUT2D eigenvalue weighted by atomic mass is 9.92. The van der Waals surface area contributed by atoms with Crippen LogP contribution in [-0.2, 0) is 9.47 Å². The van der Waals surface area contributed by atoms with E-state index < -0.39 is 0 Å². The topological polar surface area (TPSA) is 52.6 Å². The lowest BCUT2D eigenvalue weighted by Gasteiger charge is -2.30. The van der Waals surface area contributed by atoms with E-state index in [1.54, 1.807) is 24.3 Å². The summed E-state index contributed by atoms with van der Waals surface area (Å²) in [6, 6.07) is 18.0. The molecule has 0 spiro atoms. The minimum Gasteiger partial charge on any atom is -0.458 e. The van der Waals surface area contributed by atoms with Crippen LogP contribution in [0, 0.1) is 5.92 Å². The molecule has 0 aliphatic carbocycles. The molecule has 3 unspecified atom stereocenters. The number of carbonyl (C=O) groups excluding carboxylic acids is 2. The van der Waals surface area contributed by atoms with E-state index in [-0.39, 0.29) is 30.1 Å². The zero-order valence-electron chi connectivity index (χ0n) is 17.0. The summed E-state index contributed by atoms with van der Waals surface area (Å²) in [5, 5.41) is 0. The van der Waals surface area contributed by atoms with Gasteiger partial charge < -0.3 is 9.47 Å². The number of hydrogen-bond acceptors (Lipinski definition) is 4. The molecule has 2 aromatic carbocycles. The maximum atomic E-state index is 12.5. The Bertz CT molecular complexity index is 727. The fraction of sp³-hybridized carbons (Fsp3) is 0.417. The smallest absolute Gasteiger partial charge is 0.338 e. The molecule has 0 aliphatic rings. The first kappa shape index (κ1) is 21.7. The zero-order chi connectivity index (χ0) is 20.4. The first-order valence-corrected chi connectivity index (χ1v) is 10.1. The van der Waals surface area contributed by atoms with Gasteiger partial charge in [0.1, 0.15) is 12.2 Å². The molecule has 4 nitrogen and oxygen atoms in total. The Labute approximate surface area is 167 Å². The fourth-order valence-corrected chi connectivity index (χ4v) is 3.20. The molecule has 0 radical (unpaired) electrons. The molecule has 0 bridgehead atoms.